The van der Waals surface area contributed by atoms with Crippen molar-refractivity contribution in [3.05, 3.63) is 58.6 Å². The molecule has 1 saturated heterocycles. The van der Waals surface area contributed by atoms with Gasteiger partial charge in [-0.3, -0.25) is 0 Å². The van der Waals surface area contributed by atoms with Gasteiger partial charge in [-0.2, -0.15) is 0 Å². The molecular formula is C22H26ClNO2. The molecule has 0 bridgehead atoms. The SMILES string of the molecule is CC(=O)C[C@@H](C)c1ccc(OC2CCN(c3cc(Cl)ccc3C)C2)cc1. The highest BCUT2D eigenvalue weighted by Gasteiger charge is 2.25. The van der Waals surface area contributed by atoms with Crippen molar-refractivity contribution < 1.29 is 9.53 Å². The lowest BCUT2D eigenvalue weighted by Gasteiger charge is -2.21. The number of anilines is 1. The molecule has 1 unspecified atom stereocenters. The van der Waals surface area contributed by atoms with E-state index < -0.39 is 0 Å². The largest absolute Gasteiger partial charge is 0.489 e. The molecule has 1 aliphatic heterocycles. The van der Waals surface area contributed by atoms with Crippen molar-refractivity contribution >= 4 is 23.1 Å². The van der Waals surface area contributed by atoms with Crippen LogP contribution >= 0.6 is 11.6 Å². The number of nitrogens with zero attached hydrogens (tertiary/aromatic N) is 1. The van der Waals surface area contributed by atoms with E-state index in [9.17, 15) is 4.79 Å². The van der Waals surface area contributed by atoms with Crippen LogP contribution in [0.1, 0.15) is 43.7 Å². The molecule has 0 aliphatic carbocycles. The van der Waals surface area contributed by atoms with Crippen LogP contribution in [-0.4, -0.2) is 25.0 Å². The molecule has 0 saturated carbocycles. The second-order valence-electron chi connectivity index (χ2n) is 7.28. The normalized spacial score (nSPS) is 18.0. The molecule has 3 nitrogen and oxygen atoms in total. The monoisotopic (exact) mass is 371 g/mol. The highest BCUT2D eigenvalue weighted by molar-refractivity contribution is 6.30. The molecule has 0 N–H and O–H groups in total. The molecule has 2 aromatic rings. The Labute approximate surface area is 160 Å². The molecule has 3 rings (SSSR count). The van der Waals surface area contributed by atoms with E-state index in [1.54, 1.807) is 6.92 Å². The Hall–Kier alpha value is -2.00. The van der Waals surface area contributed by atoms with Crippen molar-refractivity contribution in [2.45, 2.75) is 45.6 Å². The van der Waals surface area contributed by atoms with E-state index in [1.165, 1.54) is 16.8 Å². The van der Waals surface area contributed by atoms with Gasteiger partial charge in [-0.15, -0.1) is 0 Å². The zero-order chi connectivity index (χ0) is 18.7. The molecular weight excluding hydrogens is 346 g/mol. The van der Waals surface area contributed by atoms with Crippen molar-refractivity contribution in [3.8, 4) is 5.75 Å². The number of aryl methyl sites for hydroxylation is 1. The molecule has 1 heterocycles. The molecule has 2 atom stereocenters. The Morgan fingerprint density at radius 1 is 1.27 bits per heavy atom. The zero-order valence-electron chi connectivity index (χ0n) is 15.7. The fourth-order valence-corrected chi connectivity index (χ4v) is 3.75. The van der Waals surface area contributed by atoms with Crippen LogP contribution in [0.15, 0.2) is 42.5 Å². The molecule has 1 aliphatic rings. The Bertz CT molecular complexity index is 772. The van der Waals surface area contributed by atoms with Crippen molar-refractivity contribution in [3.63, 3.8) is 0 Å². The highest BCUT2D eigenvalue weighted by Crippen LogP contribution is 2.29. The minimum Gasteiger partial charge on any atom is -0.489 e. The van der Waals surface area contributed by atoms with Crippen molar-refractivity contribution in [1.82, 2.24) is 0 Å². The number of hydrogen-bond donors (Lipinski definition) is 0. The first-order chi connectivity index (χ1) is 12.4. The molecule has 0 radical (unpaired) electrons. The number of hydrogen-bond acceptors (Lipinski definition) is 3. The maximum Gasteiger partial charge on any atom is 0.130 e. The number of carbonyl (C=O) groups is 1. The minimum atomic E-state index is 0.175. The second kappa shape index (κ2) is 8.13. The van der Waals surface area contributed by atoms with Crippen LogP contribution in [-0.2, 0) is 4.79 Å². The summed E-state index contributed by atoms with van der Waals surface area (Å²) < 4.78 is 6.17. The van der Waals surface area contributed by atoms with Crippen LogP contribution in [0.4, 0.5) is 5.69 Å². The van der Waals surface area contributed by atoms with Crippen LogP contribution in [0.5, 0.6) is 5.75 Å². The molecule has 4 heteroatoms. The van der Waals surface area contributed by atoms with E-state index >= 15 is 0 Å². The Balaban J connectivity index is 1.60. The van der Waals surface area contributed by atoms with Crippen molar-refractivity contribution in [1.29, 1.82) is 0 Å². The summed E-state index contributed by atoms with van der Waals surface area (Å²) in [7, 11) is 0. The quantitative estimate of drug-likeness (QED) is 0.681. The van der Waals surface area contributed by atoms with Crippen LogP contribution < -0.4 is 9.64 Å². The van der Waals surface area contributed by atoms with E-state index in [1.807, 2.05) is 24.3 Å². The summed E-state index contributed by atoms with van der Waals surface area (Å²) in [6.07, 6.45) is 1.75. The number of carbonyl (C=O) groups excluding carboxylic acids is 1. The number of halogens is 1. The first-order valence-electron chi connectivity index (χ1n) is 9.19. The lowest BCUT2D eigenvalue weighted by Crippen LogP contribution is -2.25. The number of benzene rings is 2. The van der Waals surface area contributed by atoms with Gasteiger partial charge in [-0.05, 0) is 55.2 Å². The summed E-state index contributed by atoms with van der Waals surface area (Å²) in [6.45, 7) is 7.67. The summed E-state index contributed by atoms with van der Waals surface area (Å²) in [4.78, 5) is 13.6. The van der Waals surface area contributed by atoms with Gasteiger partial charge in [0.1, 0.15) is 17.6 Å². The first-order valence-corrected chi connectivity index (χ1v) is 9.57. The highest BCUT2D eigenvalue weighted by atomic mass is 35.5. The van der Waals surface area contributed by atoms with Crippen LogP contribution in [0.2, 0.25) is 5.02 Å². The van der Waals surface area contributed by atoms with Gasteiger partial charge in [-0.25, -0.2) is 0 Å². The lowest BCUT2D eigenvalue weighted by molar-refractivity contribution is -0.117. The van der Waals surface area contributed by atoms with E-state index in [4.69, 9.17) is 16.3 Å². The summed E-state index contributed by atoms with van der Waals surface area (Å²) >= 11 is 6.15. The van der Waals surface area contributed by atoms with Gasteiger partial charge in [-0.1, -0.05) is 36.7 Å². The van der Waals surface area contributed by atoms with Gasteiger partial charge in [0.15, 0.2) is 0 Å². The number of Topliss-reactive ketones (excluding diaryl/α,β-unsaturated/α-hetero) is 1. The average molecular weight is 372 g/mol. The molecule has 0 spiro atoms. The van der Waals surface area contributed by atoms with Gasteiger partial charge < -0.3 is 14.4 Å². The van der Waals surface area contributed by atoms with Crippen LogP contribution in [0.25, 0.3) is 0 Å². The predicted octanol–water partition coefficient (Wildman–Crippen LogP) is 5.39. The van der Waals surface area contributed by atoms with Gasteiger partial charge in [0.05, 0.1) is 6.54 Å². The number of ketones is 1. The average Bonchev–Trinajstić information content (AvgIpc) is 3.05. The summed E-state index contributed by atoms with van der Waals surface area (Å²) in [6, 6.07) is 14.2. The molecule has 2 aromatic carbocycles. The standard InChI is InChI=1S/C22H26ClNO2/c1-15-4-7-19(23)13-22(15)24-11-10-21(14-24)26-20-8-5-18(6-9-20)16(2)12-17(3)25/h4-9,13,16,21H,10-12,14H2,1-3H3/t16-,21?/m1/s1. The molecule has 26 heavy (non-hydrogen) atoms. The van der Waals surface area contributed by atoms with Crippen molar-refractivity contribution in [2.24, 2.45) is 0 Å². The second-order valence-corrected chi connectivity index (χ2v) is 7.72. The van der Waals surface area contributed by atoms with E-state index in [-0.39, 0.29) is 17.8 Å². The van der Waals surface area contributed by atoms with Crippen LogP contribution in [0.3, 0.4) is 0 Å². The molecule has 0 amide bonds. The van der Waals surface area contributed by atoms with Crippen molar-refractivity contribution in [2.75, 3.05) is 18.0 Å². The first kappa shape index (κ1) is 18.8. The fraction of sp³-hybridized carbons (Fsp3) is 0.409. The maximum atomic E-state index is 11.3. The lowest BCUT2D eigenvalue weighted by atomic mass is 9.96. The smallest absolute Gasteiger partial charge is 0.130 e. The molecule has 1 fully saturated rings. The Morgan fingerprint density at radius 2 is 2.00 bits per heavy atom. The fourth-order valence-electron chi connectivity index (χ4n) is 3.58. The number of ether oxygens (including phenoxy) is 1. The Kier molecular flexibility index (Phi) is 5.87. The molecule has 138 valence electrons. The third kappa shape index (κ3) is 4.59. The summed E-state index contributed by atoms with van der Waals surface area (Å²) in [5, 5.41) is 0.769. The Morgan fingerprint density at radius 3 is 2.69 bits per heavy atom. The maximum absolute atomic E-state index is 11.3. The third-order valence-electron chi connectivity index (χ3n) is 5.00. The summed E-state index contributed by atoms with van der Waals surface area (Å²) in [5.74, 6) is 1.35. The van der Waals surface area contributed by atoms with Crippen LogP contribution in [0, 0.1) is 6.92 Å². The van der Waals surface area contributed by atoms with Gasteiger partial charge >= 0.3 is 0 Å². The minimum absolute atomic E-state index is 0.175. The number of rotatable bonds is 6. The van der Waals surface area contributed by atoms with Gasteiger partial charge in [0, 0.05) is 30.1 Å². The van der Waals surface area contributed by atoms with Gasteiger partial charge in [0.25, 0.3) is 0 Å². The van der Waals surface area contributed by atoms with E-state index in [0.717, 1.165) is 30.3 Å². The predicted molar refractivity (Wildman–Crippen MR) is 108 cm³/mol. The van der Waals surface area contributed by atoms with E-state index in [0.29, 0.717) is 6.42 Å². The summed E-state index contributed by atoms with van der Waals surface area (Å²) in [5.41, 5.74) is 3.60. The van der Waals surface area contributed by atoms with Gasteiger partial charge in [0.2, 0.25) is 0 Å². The topological polar surface area (TPSA) is 29.5 Å². The third-order valence-corrected chi connectivity index (χ3v) is 5.24. The molecule has 0 aromatic heterocycles. The van der Waals surface area contributed by atoms with E-state index in [2.05, 4.69) is 36.9 Å². The zero-order valence-corrected chi connectivity index (χ0v) is 16.4.